The number of halogens is 2. The predicted octanol–water partition coefficient (Wildman–Crippen LogP) is 5.62. The van der Waals surface area contributed by atoms with Gasteiger partial charge in [0.25, 0.3) is 0 Å². The number of para-hydroxylation sites is 1. The van der Waals surface area contributed by atoms with E-state index in [1.54, 1.807) is 25.5 Å². The molecule has 0 aliphatic carbocycles. The normalized spacial score (nSPS) is 10.8. The molecule has 0 fully saturated rings. The van der Waals surface area contributed by atoms with Crippen molar-refractivity contribution >= 4 is 27.8 Å². The van der Waals surface area contributed by atoms with Gasteiger partial charge in [-0.25, -0.2) is 4.39 Å². The lowest BCUT2D eigenvalue weighted by atomic mass is 10.2. The highest BCUT2D eigenvalue weighted by Gasteiger charge is 2.09. The molecular weight excluding hydrogens is 411 g/mol. The van der Waals surface area contributed by atoms with Crippen molar-refractivity contribution < 1.29 is 13.9 Å². The molecule has 4 nitrogen and oxygen atoms in total. The third-order valence-electron chi connectivity index (χ3n) is 3.77. The minimum Gasteiger partial charge on any atom is -0.493 e. The number of nitrogens with one attached hydrogen (secondary N) is 1. The molecule has 3 aromatic rings. The molecule has 0 aliphatic heterocycles. The van der Waals surface area contributed by atoms with Crippen molar-refractivity contribution in [3.63, 3.8) is 0 Å². The second-order valence-electron chi connectivity index (χ2n) is 5.67. The van der Waals surface area contributed by atoms with Crippen LogP contribution in [0.3, 0.4) is 0 Å². The fourth-order valence-electron chi connectivity index (χ4n) is 2.39. The van der Waals surface area contributed by atoms with Crippen LogP contribution >= 0.6 is 15.9 Å². The van der Waals surface area contributed by atoms with Crippen molar-refractivity contribution in [2.24, 2.45) is 5.10 Å². The van der Waals surface area contributed by atoms with E-state index in [1.807, 2.05) is 42.5 Å². The zero-order valence-electron chi connectivity index (χ0n) is 14.7. The summed E-state index contributed by atoms with van der Waals surface area (Å²) in [7, 11) is 1.60. The van der Waals surface area contributed by atoms with Gasteiger partial charge >= 0.3 is 0 Å². The van der Waals surface area contributed by atoms with Gasteiger partial charge in [-0.3, -0.25) is 5.43 Å². The Morgan fingerprint density at radius 2 is 1.78 bits per heavy atom. The largest absolute Gasteiger partial charge is 0.493 e. The SMILES string of the molecule is COc1cccc(C=NNc2ccc(F)cc2)c1OCc1ccc(Br)cc1. The molecule has 0 aliphatic rings. The fourth-order valence-corrected chi connectivity index (χ4v) is 2.65. The fraction of sp³-hybridized carbons (Fsp3) is 0.0952. The standard InChI is InChI=1S/C21H18BrFN2O2/c1-26-20-4-2-3-16(13-24-25-19-11-9-18(23)10-12-19)21(20)27-14-15-5-7-17(22)8-6-15/h2-13,25H,14H2,1H3. The Morgan fingerprint density at radius 1 is 1.04 bits per heavy atom. The summed E-state index contributed by atoms with van der Waals surface area (Å²) in [6.45, 7) is 0.403. The number of benzene rings is 3. The molecule has 138 valence electrons. The summed E-state index contributed by atoms with van der Waals surface area (Å²) in [5.74, 6) is 0.936. The molecule has 0 atom stereocenters. The third-order valence-corrected chi connectivity index (χ3v) is 4.30. The van der Waals surface area contributed by atoms with Crippen LogP contribution < -0.4 is 14.9 Å². The second kappa shape index (κ2) is 9.19. The topological polar surface area (TPSA) is 42.8 Å². The van der Waals surface area contributed by atoms with E-state index in [1.165, 1.54) is 12.1 Å². The monoisotopic (exact) mass is 428 g/mol. The van der Waals surface area contributed by atoms with Crippen LogP contribution in [0.4, 0.5) is 10.1 Å². The Morgan fingerprint density at radius 3 is 2.48 bits per heavy atom. The molecule has 0 unspecified atom stereocenters. The minimum absolute atomic E-state index is 0.291. The summed E-state index contributed by atoms with van der Waals surface area (Å²) in [6.07, 6.45) is 1.64. The van der Waals surface area contributed by atoms with Crippen LogP contribution in [0.1, 0.15) is 11.1 Å². The molecule has 3 aromatic carbocycles. The van der Waals surface area contributed by atoms with E-state index in [0.717, 1.165) is 15.6 Å². The van der Waals surface area contributed by atoms with Gasteiger partial charge in [0.05, 0.1) is 19.0 Å². The summed E-state index contributed by atoms with van der Waals surface area (Å²) in [5.41, 5.74) is 5.36. The van der Waals surface area contributed by atoms with Crippen molar-refractivity contribution in [2.45, 2.75) is 6.61 Å². The molecule has 0 bridgehead atoms. The van der Waals surface area contributed by atoms with E-state index in [4.69, 9.17) is 9.47 Å². The van der Waals surface area contributed by atoms with Crippen LogP contribution in [0.2, 0.25) is 0 Å². The van der Waals surface area contributed by atoms with Gasteiger partial charge in [0.2, 0.25) is 0 Å². The van der Waals surface area contributed by atoms with Crippen LogP contribution in [-0.4, -0.2) is 13.3 Å². The average Bonchev–Trinajstić information content (AvgIpc) is 2.69. The number of anilines is 1. The number of hydrogen-bond acceptors (Lipinski definition) is 4. The van der Waals surface area contributed by atoms with Gasteiger partial charge in [0.15, 0.2) is 11.5 Å². The van der Waals surface area contributed by atoms with Crippen molar-refractivity contribution in [1.82, 2.24) is 0 Å². The Hall–Kier alpha value is -2.86. The highest BCUT2D eigenvalue weighted by Crippen LogP contribution is 2.31. The predicted molar refractivity (Wildman–Crippen MR) is 109 cm³/mol. The Labute approximate surface area is 165 Å². The maximum absolute atomic E-state index is 13.0. The summed E-state index contributed by atoms with van der Waals surface area (Å²) >= 11 is 3.42. The van der Waals surface area contributed by atoms with E-state index in [-0.39, 0.29) is 5.82 Å². The first kappa shape index (κ1) is 18.9. The van der Waals surface area contributed by atoms with Crippen molar-refractivity contribution in [3.05, 3.63) is 88.1 Å². The van der Waals surface area contributed by atoms with E-state index in [9.17, 15) is 4.39 Å². The van der Waals surface area contributed by atoms with Gasteiger partial charge in [0.1, 0.15) is 12.4 Å². The lowest BCUT2D eigenvalue weighted by Crippen LogP contribution is -2.01. The molecule has 0 radical (unpaired) electrons. The van der Waals surface area contributed by atoms with E-state index < -0.39 is 0 Å². The van der Waals surface area contributed by atoms with Gasteiger partial charge in [-0.1, -0.05) is 34.1 Å². The first-order valence-corrected chi connectivity index (χ1v) is 9.04. The lowest BCUT2D eigenvalue weighted by Gasteiger charge is -2.13. The van der Waals surface area contributed by atoms with Gasteiger partial charge in [0, 0.05) is 10.0 Å². The molecule has 0 amide bonds. The van der Waals surface area contributed by atoms with E-state index in [0.29, 0.717) is 23.8 Å². The highest BCUT2D eigenvalue weighted by molar-refractivity contribution is 9.10. The summed E-state index contributed by atoms with van der Waals surface area (Å²) in [6, 6.07) is 19.5. The zero-order chi connectivity index (χ0) is 19.1. The maximum Gasteiger partial charge on any atom is 0.170 e. The van der Waals surface area contributed by atoms with Gasteiger partial charge in [-0.05, 0) is 54.1 Å². The molecule has 0 saturated carbocycles. The smallest absolute Gasteiger partial charge is 0.170 e. The molecule has 6 heteroatoms. The van der Waals surface area contributed by atoms with Crippen LogP contribution in [-0.2, 0) is 6.61 Å². The summed E-state index contributed by atoms with van der Waals surface area (Å²) in [4.78, 5) is 0. The lowest BCUT2D eigenvalue weighted by molar-refractivity contribution is 0.284. The van der Waals surface area contributed by atoms with E-state index in [2.05, 4.69) is 26.5 Å². The van der Waals surface area contributed by atoms with Crippen LogP contribution in [0.5, 0.6) is 11.5 Å². The molecule has 0 heterocycles. The van der Waals surface area contributed by atoms with Crippen LogP contribution in [0, 0.1) is 5.82 Å². The van der Waals surface area contributed by atoms with Gasteiger partial charge in [-0.15, -0.1) is 0 Å². The maximum atomic E-state index is 13.0. The summed E-state index contributed by atoms with van der Waals surface area (Å²) in [5, 5.41) is 4.20. The molecule has 0 spiro atoms. The Bertz CT molecular complexity index is 912. The molecule has 0 aromatic heterocycles. The van der Waals surface area contributed by atoms with Gasteiger partial charge < -0.3 is 9.47 Å². The van der Waals surface area contributed by atoms with Crippen LogP contribution in [0.25, 0.3) is 0 Å². The Kier molecular flexibility index (Phi) is 6.44. The molecule has 1 N–H and O–H groups in total. The number of nitrogens with zero attached hydrogens (tertiary/aromatic N) is 1. The van der Waals surface area contributed by atoms with Crippen molar-refractivity contribution in [3.8, 4) is 11.5 Å². The van der Waals surface area contributed by atoms with Crippen LogP contribution in [0.15, 0.2) is 76.3 Å². The van der Waals surface area contributed by atoms with E-state index >= 15 is 0 Å². The zero-order valence-corrected chi connectivity index (χ0v) is 16.2. The molecule has 3 rings (SSSR count). The molecule has 27 heavy (non-hydrogen) atoms. The summed E-state index contributed by atoms with van der Waals surface area (Å²) < 4.78 is 25.4. The average molecular weight is 429 g/mol. The van der Waals surface area contributed by atoms with Gasteiger partial charge in [-0.2, -0.15) is 5.10 Å². The van der Waals surface area contributed by atoms with Crippen molar-refractivity contribution in [1.29, 1.82) is 0 Å². The third kappa shape index (κ3) is 5.31. The quantitative estimate of drug-likeness (QED) is 0.392. The second-order valence-corrected chi connectivity index (χ2v) is 6.59. The number of ether oxygens (including phenoxy) is 2. The first-order chi connectivity index (χ1) is 13.2. The number of hydrazone groups is 1. The number of rotatable bonds is 7. The first-order valence-electron chi connectivity index (χ1n) is 8.24. The number of methoxy groups -OCH3 is 1. The molecule has 0 saturated heterocycles. The Balaban J connectivity index is 1.75. The highest BCUT2D eigenvalue weighted by atomic mass is 79.9. The minimum atomic E-state index is -0.291. The molecular formula is C21H18BrFN2O2. The van der Waals surface area contributed by atoms with Crippen molar-refractivity contribution in [2.75, 3.05) is 12.5 Å². The number of hydrogen-bond donors (Lipinski definition) is 1.